The lowest BCUT2D eigenvalue weighted by atomic mass is 9.94. The number of hydrogen-bond donors (Lipinski definition) is 1. The maximum absolute atomic E-state index is 13.1. The van der Waals surface area contributed by atoms with Crippen molar-refractivity contribution in [1.29, 1.82) is 0 Å². The first-order valence-electron chi connectivity index (χ1n) is 10.8. The lowest BCUT2D eigenvalue weighted by Gasteiger charge is -2.35. The molecule has 5 rings (SSSR count). The number of carbonyl (C=O) groups excluding carboxylic acids is 1. The number of carbonyl (C=O) groups is 1. The summed E-state index contributed by atoms with van der Waals surface area (Å²) in [4.78, 5) is 20.7. The Kier molecular flexibility index (Phi) is 5.56. The zero-order valence-electron chi connectivity index (χ0n) is 18.7. The molecule has 2 amide bonds. The first-order chi connectivity index (χ1) is 16.0. The number of thiophene rings is 1. The van der Waals surface area contributed by atoms with E-state index in [1.807, 2.05) is 86.8 Å². The van der Waals surface area contributed by atoms with Crippen molar-refractivity contribution in [2.75, 3.05) is 0 Å². The van der Waals surface area contributed by atoms with E-state index in [2.05, 4.69) is 10.5 Å². The van der Waals surface area contributed by atoms with Crippen LogP contribution >= 0.6 is 11.3 Å². The van der Waals surface area contributed by atoms with Crippen LogP contribution in [0.1, 0.15) is 40.4 Å². The molecule has 0 spiro atoms. The number of nitrogens with zero attached hydrogens (tertiary/aromatic N) is 3. The van der Waals surface area contributed by atoms with Gasteiger partial charge in [-0.15, -0.1) is 11.3 Å². The summed E-state index contributed by atoms with van der Waals surface area (Å²) >= 11 is 1.62. The van der Waals surface area contributed by atoms with Crippen molar-refractivity contribution in [1.82, 2.24) is 20.4 Å². The highest BCUT2D eigenvalue weighted by atomic mass is 32.1. The fourth-order valence-corrected chi connectivity index (χ4v) is 4.74. The maximum atomic E-state index is 13.1. The number of benzene rings is 2. The molecule has 33 heavy (non-hydrogen) atoms. The summed E-state index contributed by atoms with van der Waals surface area (Å²) in [5.74, 6) is 0.934. The molecule has 1 aliphatic rings. The van der Waals surface area contributed by atoms with E-state index < -0.39 is 0 Å². The lowest BCUT2D eigenvalue weighted by molar-refractivity contribution is 0.203. The van der Waals surface area contributed by atoms with Crippen molar-refractivity contribution < 1.29 is 9.32 Å². The van der Waals surface area contributed by atoms with Gasteiger partial charge in [0.25, 0.3) is 5.89 Å². The first kappa shape index (κ1) is 21.2. The molecule has 1 unspecified atom stereocenters. The monoisotopic (exact) mass is 456 g/mol. The molecule has 4 aromatic rings. The molecule has 6 nitrogen and oxygen atoms in total. The van der Waals surface area contributed by atoms with Gasteiger partial charge in [0.1, 0.15) is 0 Å². The molecule has 0 saturated heterocycles. The Bertz CT molecular complexity index is 1320. The van der Waals surface area contributed by atoms with Crippen molar-refractivity contribution in [2.24, 2.45) is 0 Å². The Hall–Kier alpha value is -3.71. The summed E-state index contributed by atoms with van der Waals surface area (Å²) in [5.41, 5.74) is 5.75. The first-order valence-corrected chi connectivity index (χ1v) is 11.7. The highest BCUT2D eigenvalue weighted by molar-refractivity contribution is 7.09. The van der Waals surface area contributed by atoms with E-state index in [1.165, 1.54) is 0 Å². The van der Waals surface area contributed by atoms with Crippen molar-refractivity contribution in [2.45, 2.75) is 33.4 Å². The Morgan fingerprint density at radius 3 is 2.58 bits per heavy atom. The number of rotatable bonds is 5. The molecule has 3 heterocycles. The second-order valence-electron chi connectivity index (χ2n) is 8.25. The molecule has 166 valence electrons. The maximum Gasteiger partial charge on any atom is 0.322 e. The van der Waals surface area contributed by atoms with Gasteiger partial charge in [0.2, 0.25) is 5.82 Å². The molecule has 0 radical (unpaired) electrons. The number of hydrogen-bond acceptors (Lipinski definition) is 5. The molecule has 1 aliphatic heterocycles. The standard InChI is InChI=1S/C26H24N4O2S/c1-16-9-11-19(12-10-16)23-22(18(3)30(26(31)27-23)15-21-8-5-13-33-21)25-28-24(29-32-25)20-7-4-6-17(2)14-20/h4-14,23H,15H2,1-3H3,(H,27,31). The molecule has 2 aromatic heterocycles. The van der Waals surface area contributed by atoms with Gasteiger partial charge in [0.15, 0.2) is 0 Å². The second kappa shape index (κ2) is 8.67. The fraction of sp³-hybridized carbons (Fsp3) is 0.192. The van der Waals surface area contributed by atoms with E-state index in [-0.39, 0.29) is 12.1 Å². The zero-order valence-corrected chi connectivity index (χ0v) is 19.5. The average molecular weight is 457 g/mol. The average Bonchev–Trinajstić information content (AvgIpc) is 3.49. The number of amides is 2. The minimum absolute atomic E-state index is 0.145. The van der Waals surface area contributed by atoms with Crippen molar-refractivity contribution in [3.05, 3.63) is 99.2 Å². The van der Waals surface area contributed by atoms with Crippen LogP contribution in [0.3, 0.4) is 0 Å². The van der Waals surface area contributed by atoms with Gasteiger partial charge in [0, 0.05) is 16.1 Å². The lowest BCUT2D eigenvalue weighted by Crippen LogP contribution is -2.45. The smallest absolute Gasteiger partial charge is 0.322 e. The van der Waals surface area contributed by atoms with Gasteiger partial charge in [-0.25, -0.2) is 4.79 Å². The molecule has 0 saturated carbocycles. The van der Waals surface area contributed by atoms with E-state index in [0.717, 1.165) is 38.4 Å². The van der Waals surface area contributed by atoms with Crippen LogP contribution in [0.25, 0.3) is 17.0 Å². The molecule has 2 aromatic carbocycles. The second-order valence-corrected chi connectivity index (χ2v) is 9.28. The van der Waals surface area contributed by atoms with Crippen LogP contribution in [0.15, 0.2) is 76.3 Å². The largest absolute Gasteiger partial charge is 0.334 e. The van der Waals surface area contributed by atoms with Crippen LogP contribution < -0.4 is 5.32 Å². The Morgan fingerprint density at radius 2 is 1.85 bits per heavy atom. The zero-order chi connectivity index (χ0) is 22.9. The number of nitrogens with one attached hydrogen (secondary N) is 1. The fourth-order valence-electron chi connectivity index (χ4n) is 4.05. The molecule has 0 bridgehead atoms. The number of aryl methyl sites for hydroxylation is 2. The van der Waals surface area contributed by atoms with E-state index in [9.17, 15) is 4.79 Å². The van der Waals surface area contributed by atoms with Crippen molar-refractivity contribution in [3.63, 3.8) is 0 Å². The van der Waals surface area contributed by atoms with Crippen LogP contribution in [0.2, 0.25) is 0 Å². The summed E-state index contributed by atoms with van der Waals surface area (Å²) in [6.45, 7) is 6.50. The number of allylic oxidation sites excluding steroid dienone is 1. The van der Waals surface area contributed by atoms with Crippen LogP contribution in [0, 0.1) is 13.8 Å². The Labute approximate surface area is 196 Å². The van der Waals surface area contributed by atoms with Gasteiger partial charge < -0.3 is 9.84 Å². The highest BCUT2D eigenvalue weighted by Gasteiger charge is 2.35. The highest BCUT2D eigenvalue weighted by Crippen LogP contribution is 2.38. The minimum Gasteiger partial charge on any atom is -0.334 e. The van der Waals surface area contributed by atoms with Crippen molar-refractivity contribution >= 4 is 22.9 Å². The van der Waals surface area contributed by atoms with Gasteiger partial charge in [0.05, 0.1) is 18.2 Å². The molecule has 1 N–H and O–H groups in total. The summed E-state index contributed by atoms with van der Waals surface area (Å²) in [6.07, 6.45) is 0. The molecule has 0 fully saturated rings. The van der Waals surface area contributed by atoms with Crippen LogP contribution in [-0.2, 0) is 6.54 Å². The molecule has 7 heteroatoms. The third-order valence-corrected chi connectivity index (χ3v) is 6.69. The van der Waals surface area contributed by atoms with E-state index in [1.54, 1.807) is 16.2 Å². The van der Waals surface area contributed by atoms with Gasteiger partial charge >= 0.3 is 6.03 Å². The molecule has 1 atom stereocenters. The molecular formula is C26H24N4O2S. The van der Waals surface area contributed by atoms with E-state index in [0.29, 0.717) is 18.3 Å². The SMILES string of the molecule is CC1=C(c2nc(-c3cccc(C)c3)no2)C(c2ccc(C)cc2)NC(=O)N1Cc1cccs1. The summed E-state index contributed by atoms with van der Waals surface area (Å²) in [7, 11) is 0. The normalized spacial score (nSPS) is 16.3. The third-order valence-electron chi connectivity index (χ3n) is 5.83. The topological polar surface area (TPSA) is 71.3 Å². The summed E-state index contributed by atoms with van der Waals surface area (Å²) in [6, 6.07) is 19.6. The number of aromatic nitrogens is 2. The minimum atomic E-state index is -0.386. The van der Waals surface area contributed by atoms with Crippen molar-refractivity contribution in [3.8, 4) is 11.4 Å². The van der Waals surface area contributed by atoms with E-state index in [4.69, 9.17) is 9.51 Å². The molecular weight excluding hydrogens is 432 g/mol. The van der Waals surface area contributed by atoms with Gasteiger partial charge in [-0.2, -0.15) is 4.98 Å². The quantitative estimate of drug-likeness (QED) is 0.393. The molecule has 0 aliphatic carbocycles. The van der Waals surface area contributed by atoms with Gasteiger partial charge in [-0.1, -0.05) is 64.8 Å². The van der Waals surface area contributed by atoms with Crippen LogP contribution in [0.5, 0.6) is 0 Å². The van der Waals surface area contributed by atoms with Gasteiger partial charge in [-0.3, -0.25) is 4.90 Å². The summed E-state index contributed by atoms with van der Waals surface area (Å²) < 4.78 is 5.77. The van der Waals surface area contributed by atoms with Gasteiger partial charge in [-0.05, 0) is 43.8 Å². The third kappa shape index (κ3) is 4.19. The van der Waals surface area contributed by atoms with E-state index >= 15 is 0 Å². The van der Waals surface area contributed by atoms with Crippen LogP contribution in [0.4, 0.5) is 4.79 Å². The van der Waals surface area contributed by atoms with Crippen LogP contribution in [-0.4, -0.2) is 21.1 Å². The number of urea groups is 1. The predicted molar refractivity (Wildman–Crippen MR) is 129 cm³/mol. The Balaban J connectivity index is 1.60. The summed E-state index contributed by atoms with van der Waals surface area (Å²) in [5, 5.41) is 9.42. The Morgan fingerprint density at radius 1 is 1.03 bits per heavy atom. The predicted octanol–water partition coefficient (Wildman–Crippen LogP) is 6.11.